The minimum atomic E-state index is -5.67. The Labute approximate surface area is 102 Å². The summed E-state index contributed by atoms with van der Waals surface area (Å²) in [4.78, 5) is 0. The lowest BCUT2D eigenvalue weighted by Gasteiger charge is -2.17. The van der Waals surface area contributed by atoms with E-state index in [4.69, 9.17) is 10.2 Å². The zero-order valence-corrected chi connectivity index (χ0v) is 9.31. The van der Waals surface area contributed by atoms with Crippen molar-refractivity contribution in [3.63, 3.8) is 0 Å². The number of ether oxygens (including phenoxy) is 1. The highest BCUT2D eigenvalue weighted by atomic mass is 19.4. The first-order valence-corrected chi connectivity index (χ1v) is 4.75. The summed E-state index contributed by atoms with van der Waals surface area (Å²) in [5.41, 5.74) is 0. The standard InChI is InChI=1S/C4H2F8O.C4H10O2/c5-1(3(7,8)9)13-2(6)4(10,11)12;5-3-1-2-4-6/h1-2H;5-6H,1-4H2. The van der Waals surface area contributed by atoms with E-state index in [2.05, 4.69) is 4.74 Å². The summed E-state index contributed by atoms with van der Waals surface area (Å²) in [6.07, 6.45) is -18.5. The van der Waals surface area contributed by atoms with E-state index in [1.165, 1.54) is 0 Å². The van der Waals surface area contributed by atoms with Crippen LogP contribution in [-0.2, 0) is 4.74 Å². The lowest BCUT2D eigenvalue weighted by molar-refractivity contribution is -0.344. The number of aliphatic hydroxyl groups excluding tert-OH is 2. The molecule has 0 amide bonds. The predicted octanol–water partition coefficient (Wildman–Crippen LogP) is 2.47. The zero-order chi connectivity index (χ0) is 15.7. The summed E-state index contributed by atoms with van der Waals surface area (Å²) in [7, 11) is 0. The molecule has 0 aliphatic heterocycles. The summed E-state index contributed by atoms with van der Waals surface area (Å²) in [6.45, 7) is 0.390. The normalized spacial score (nSPS) is 15.5. The smallest absolute Gasteiger partial charge is 0.396 e. The third kappa shape index (κ3) is 12.1. The van der Waals surface area contributed by atoms with E-state index in [9.17, 15) is 35.1 Å². The molecule has 2 atom stereocenters. The van der Waals surface area contributed by atoms with Crippen LogP contribution in [0.4, 0.5) is 35.1 Å². The number of alkyl halides is 8. The van der Waals surface area contributed by atoms with Gasteiger partial charge in [-0.15, -0.1) is 0 Å². The highest BCUT2D eigenvalue weighted by molar-refractivity contribution is 4.60. The Morgan fingerprint density at radius 1 is 0.737 bits per heavy atom. The molecule has 0 aromatic carbocycles. The first-order chi connectivity index (χ1) is 8.46. The Balaban J connectivity index is 0. The Hall–Kier alpha value is -0.680. The molecule has 0 saturated heterocycles. The van der Waals surface area contributed by atoms with Crippen LogP contribution in [0.3, 0.4) is 0 Å². The number of hydrogen-bond donors (Lipinski definition) is 2. The van der Waals surface area contributed by atoms with Crippen molar-refractivity contribution in [1.82, 2.24) is 0 Å². The molecule has 0 rings (SSSR count). The highest BCUT2D eigenvalue weighted by Crippen LogP contribution is 2.30. The fourth-order valence-electron chi connectivity index (χ4n) is 0.483. The molecule has 0 heterocycles. The van der Waals surface area contributed by atoms with Crippen molar-refractivity contribution in [2.75, 3.05) is 13.2 Å². The van der Waals surface area contributed by atoms with Crippen LogP contribution in [0.5, 0.6) is 0 Å². The van der Waals surface area contributed by atoms with E-state index >= 15 is 0 Å². The van der Waals surface area contributed by atoms with Gasteiger partial charge in [-0.1, -0.05) is 0 Å². The molecule has 0 aliphatic rings. The monoisotopic (exact) mass is 308 g/mol. The van der Waals surface area contributed by atoms with Crippen molar-refractivity contribution >= 4 is 0 Å². The second-order valence-electron chi connectivity index (χ2n) is 3.01. The number of aliphatic hydroxyl groups is 2. The molecule has 118 valence electrons. The third-order valence-electron chi connectivity index (χ3n) is 1.32. The fraction of sp³-hybridized carbons (Fsp3) is 1.00. The van der Waals surface area contributed by atoms with E-state index in [-0.39, 0.29) is 13.2 Å². The fourth-order valence-corrected chi connectivity index (χ4v) is 0.483. The van der Waals surface area contributed by atoms with E-state index < -0.39 is 25.1 Å². The van der Waals surface area contributed by atoms with Crippen molar-refractivity contribution < 1.29 is 50.1 Å². The van der Waals surface area contributed by atoms with Crippen LogP contribution in [0, 0.1) is 0 Å². The average molecular weight is 308 g/mol. The Morgan fingerprint density at radius 2 is 1.00 bits per heavy atom. The van der Waals surface area contributed by atoms with Gasteiger partial charge in [0.15, 0.2) is 0 Å². The first kappa shape index (κ1) is 20.6. The van der Waals surface area contributed by atoms with Gasteiger partial charge in [-0.05, 0) is 12.8 Å². The minimum Gasteiger partial charge on any atom is -0.396 e. The minimum absolute atomic E-state index is 0.195. The second-order valence-corrected chi connectivity index (χ2v) is 3.01. The Kier molecular flexibility index (Phi) is 10.1. The number of hydrogen-bond acceptors (Lipinski definition) is 3. The summed E-state index contributed by atoms with van der Waals surface area (Å²) < 4.78 is 92.6. The van der Waals surface area contributed by atoms with Gasteiger partial charge in [0.1, 0.15) is 0 Å². The Morgan fingerprint density at radius 3 is 1.16 bits per heavy atom. The summed E-state index contributed by atoms with van der Waals surface area (Å²) in [6, 6.07) is 0. The highest BCUT2D eigenvalue weighted by Gasteiger charge is 2.49. The average Bonchev–Trinajstić information content (AvgIpc) is 2.24. The first-order valence-electron chi connectivity index (χ1n) is 4.75. The van der Waals surface area contributed by atoms with Gasteiger partial charge in [0.2, 0.25) is 0 Å². The van der Waals surface area contributed by atoms with Crippen molar-refractivity contribution in [3.8, 4) is 0 Å². The van der Waals surface area contributed by atoms with Crippen LogP contribution in [0.25, 0.3) is 0 Å². The molecule has 0 spiro atoms. The molecule has 0 aliphatic carbocycles. The molecular formula is C8H12F8O3. The molecule has 0 aromatic rings. The van der Waals surface area contributed by atoms with Gasteiger partial charge in [0.05, 0.1) is 0 Å². The molecule has 0 radical (unpaired) electrons. The second kappa shape index (κ2) is 9.26. The molecule has 0 fully saturated rings. The maximum absolute atomic E-state index is 11.6. The van der Waals surface area contributed by atoms with Gasteiger partial charge in [-0.3, -0.25) is 4.74 Å². The number of halogens is 8. The van der Waals surface area contributed by atoms with Crippen molar-refractivity contribution in [2.45, 2.75) is 37.9 Å². The summed E-state index contributed by atoms with van der Waals surface area (Å²) >= 11 is 0. The van der Waals surface area contributed by atoms with Gasteiger partial charge in [-0.2, -0.15) is 26.3 Å². The van der Waals surface area contributed by atoms with Gasteiger partial charge in [-0.25, -0.2) is 8.78 Å². The number of unbranched alkanes of at least 4 members (excludes halogenated alkanes) is 1. The van der Waals surface area contributed by atoms with E-state index in [1.54, 1.807) is 0 Å². The lowest BCUT2D eigenvalue weighted by Crippen LogP contribution is -2.36. The van der Waals surface area contributed by atoms with Crippen LogP contribution in [-0.4, -0.2) is 48.5 Å². The van der Waals surface area contributed by atoms with Gasteiger partial charge in [0.25, 0.3) is 12.7 Å². The largest absolute Gasteiger partial charge is 0.445 e. The van der Waals surface area contributed by atoms with Gasteiger partial charge in [0, 0.05) is 13.2 Å². The van der Waals surface area contributed by atoms with Crippen LogP contribution in [0.15, 0.2) is 0 Å². The maximum atomic E-state index is 11.6. The van der Waals surface area contributed by atoms with Crippen LogP contribution in [0.2, 0.25) is 0 Å². The SMILES string of the molecule is FC(OC(F)C(F)(F)F)C(F)(F)F.OCCCCO. The van der Waals surface area contributed by atoms with Gasteiger partial charge >= 0.3 is 12.4 Å². The topological polar surface area (TPSA) is 49.7 Å². The van der Waals surface area contributed by atoms with E-state index in [1.807, 2.05) is 0 Å². The van der Waals surface area contributed by atoms with Crippen molar-refractivity contribution in [1.29, 1.82) is 0 Å². The molecule has 3 nitrogen and oxygen atoms in total. The van der Waals surface area contributed by atoms with Crippen LogP contribution >= 0.6 is 0 Å². The Bertz CT molecular complexity index is 195. The lowest BCUT2D eigenvalue weighted by atomic mass is 10.3. The van der Waals surface area contributed by atoms with E-state index in [0.29, 0.717) is 0 Å². The molecular weight excluding hydrogens is 296 g/mol. The van der Waals surface area contributed by atoms with Crippen molar-refractivity contribution in [2.24, 2.45) is 0 Å². The third-order valence-corrected chi connectivity index (χ3v) is 1.32. The molecule has 0 bridgehead atoms. The van der Waals surface area contributed by atoms with E-state index in [0.717, 1.165) is 12.8 Å². The maximum Gasteiger partial charge on any atom is 0.445 e. The molecule has 11 heteroatoms. The van der Waals surface area contributed by atoms with Gasteiger partial charge < -0.3 is 10.2 Å². The summed E-state index contributed by atoms with van der Waals surface area (Å²) in [5.74, 6) is 0. The predicted molar refractivity (Wildman–Crippen MR) is 46.4 cm³/mol. The quantitative estimate of drug-likeness (QED) is 0.606. The zero-order valence-electron chi connectivity index (χ0n) is 9.31. The molecule has 19 heavy (non-hydrogen) atoms. The molecule has 0 aromatic heterocycles. The number of rotatable bonds is 5. The molecule has 0 saturated carbocycles. The summed E-state index contributed by atoms with van der Waals surface area (Å²) in [5, 5.41) is 16.2. The molecule has 2 N–H and O–H groups in total. The van der Waals surface area contributed by atoms with Crippen LogP contribution in [0.1, 0.15) is 12.8 Å². The van der Waals surface area contributed by atoms with Crippen LogP contribution < -0.4 is 0 Å². The van der Waals surface area contributed by atoms with Crippen molar-refractivity contribution in [3.05, 3.63) is 0 Å². The molecule has 2 unspecified atom stereocenters.